The van der Waals surface area contributed by atoms with E-state index in [1.807, 2.05) is 63.4 Å². The Balaban J connectivity index is 1.62. The number of nitrogens with zero attached hydrogens (tertiary/aromatic N) is 3. The zero-order valence-corrected chi connectivity index (χ0v) is 25.1. The average molecular weight is 603 g/mol. The number of amides is 1. The smallest absolute Gasteiger partial charge is 0.226 e. The highest BCUT2D eigenvalue weighted by molar-refractivity contribution is 9.10. The number of hydrogen-bond donors (Lipinski definition) is 2. The molecule has 0 saturated carbocycles. The van der Waals surface area contributed by atoms with Crippen molar-refractivity contribution in [3.8, 4) is 5.69 Å². The first kappa shape index (κ1) is 27.1. The number of hydrogen-bond acceptors (Lipinski definition) is 3. The van der Waals surface area contributed by atoms with Crippen molar-refractivity contribution in [2.45, 2.75) is 46.7 Å². The largest absolute Gasteiger partial charge is 0.351 e. The van der Waals surface area contributed by atoms with Crippen LogP contribution in [-0.4, -0.2) is 20.6 Å². The second kappa shape index (κ2) is 10.9. The maximum atomic E-state index is 12.3. The highest BCUT2D eigenvalue weighted by Gasteiger charge is 2.42. The Labute approximate surface area is 243 Å². The van der Waals surface area contributed by atoms with E-state index in [-0.39, 0.29) is 23.9 Å². The van der Waals surface area contributed by atoms with Crippen molar-refractivity contribution < 1.29 is 4.79 Å². The Kier molecular flexibility index (Phi) is 7.60. The molecule has 200 valence electrons. The summed E-state index contributed by atoms with van der Waals surface area (Å²) in [6, 6.07) is 22.4. The molecule has 5 rings (SSSR count). The van der Waals surface area contributed by atoms with Gasteiger partial charge in [-0.05, 0) is 98.7 Å². The van der Waals surface area contributed by atoms with Crippen molar-refractivity contribution in [1.29, 1.82) is 0 Å². The summed E-state index contributed by atoms with van der Waals surface area (Å²) in [5.41, 5.74) is 8.23. The van der Waals surface area contributed by atoms with Crippen LogP contribution in [0, 0.1) is 26.7 Å². The second-order valence-electron chi connectivity index (χ2n) is 10.3. The average Bonchev–Trinajstić information content (AvgIpc) is 3.40. The van der Waals surface area contributed by atoms with Crippen LogP contribution in [0.5, 0.6) is 0 Å². The number of nitrogens with one attached hydrogen (secondary N) is 2. The molecule has 6 nitrogen and oxygen atoms in total. The summed E-state index contributed by atoms with van der Waals surface area (Å²) in [5.74, 6) is -0.0965. The second-order valence-corrected chi connectivity index (χ2v) is 11.6. The molecule has 1 aliphatic rings. The van der Waals surface area contributed by atoms with E-state index in [9.17, 15) is 4.79 Å². The van der Waals surface area contributed by atoms with Gasteiger partial charge in [-0.3, -0.25) is 9.78 Å². The van der Waals surface area contributed by atoms with E-state index < -0.39 is 0 Å². The van der Waals surface area contributed by atoms with E-state index in [1.165, 1.54) is 5.56 Å². The fourth-order valence-corrected chi connectivity index (χ4v) is 6.00. The van der Waals surface area contributed by atoms with Crippen molar-refractivity contribution in [2.75, 3.05) is 10.2 Å². The fraction of sp³-hybridized carbons (Fsp3) is 0.258. The minimum Gasteiger partial charge on any atom is -0.351 e. The summed E-state index contributed by atoms with van der Waals surface area (Å²) in [4.78, 5) is 19.2. The number of thiocarbonyl (C=S) groups is 1. The number of benzene rings is 2. The Bertz CT molecular complexity index is 1550. The first-order valence-corrected chi connectivity index (χ1v) is 14.2. The summed E-state index contributed by atoms with van der Waals surface area (Å²) in [7, 11) is 0. The lowest BCUT2D eigenvalue weighted by Gasteiger charge is -2.29. The molecular weight excluding hydrogens is 570 g/mol. The van der Waals surface area contributed by atoms with Crippen LogP contribution >= 0.6 is 28.1 Å². The first-order chi connectivity index (χ1) is 18.7. The molecular formula is C31H32BrN5OS. The van der Waals surface area contributed by atoms with Crippen LogP contribution in [0.1, 0.15) is 54.1 Å². The molecule has 3 heterocycles. The van der Waals surface area contributed by atoms with Gasteiger partial charge in [0.05, 0.1) is 17.8 Å². The van der Waals surface area contributed by atoms with Crippen LogP contribution in [0.15, 0.2) is 77.4 Å². The third-order valence-electron chi connectivity index (χ3n) is 7.22. The van der Waals surface area contributed by atoms with E-state index in [0.717, 1.165) is 44.2 Å². The molecule has 0 spiro atoms. The number of aryl methyl sites for hydroxylation is 2. The summed E-state index contributed by atoms with van der Waals surface area (Å²) >= 11 is 9.58. The molecule has 8 heteroatoms. The van der Waals surface area contributed by atoms with E-state index in [4.69, 9.17) is 17.2 Å². The van der Waals surface area contributed by atoms with Gasteiger partial charge >= 0.3 is 0 Å². The molecule has 2 aromatic heterocycles. The van der Waals surface area contributed by atoms with Crippen LogP contribution in [0.3, 0.4) is 0 Å². The van der Waals surface area contributed by atoms with Gasteiger partial charge in [0.25, 0.3) is 0 Å². The molecule has 4 aromatic rings. The molecule has 1 fully saturated rings. The van der Waals surface area contributed by atoms with Crippen molar-refractivity contribution in [1.82, 2.24) is 14.9 Å². The topological polar surface area (TPSA) is 62.2 Å². The van der Waals surface area contributed by atoms with Crippen LogP contribution in [0.2, 0.25) is 0 Å². The summed E-state index contributed by atoms with van der Waals surface area (Å²) in [6.07, 6.45) is 1.82. The molecule has 0 bridgehead atoms. The number of carbonyl (C=O) groups is 1. The highest BCUT2D eigenvalue weighted by atomic mass is 79.9. The molecule has 0 aliphatic carbocycles. The van der Waals surface area contributed by atoms with Gasteiger partial charge in [-0.1, -0.05) is 41.9 Å². The Morgan fingerprint density at radius 3 is 2.49 bits per heavy atom. The van der Waals surface area contributed by atoms with Gasteiger partial charge in [-0.2, -0.15) is 0 Å². The van der Waals surface area contributed by atoms with Gasteiger partial charge in [0.1, 0.15) is 0 Å². The number of halogens is 1. The summed E-state index contributed by atoms with van der Waals surface area (Å²) in [5, 5.41) is 7.24. The third-order valence-corrected chi connectivity index (χ3v) is 8.03. The zero-order valence-electron chi connectivity index (χ0n) is 22.7. The fourth-order valence-electron chi connectivity index (χ4n) is 5.26. The maximum Gasteiger partial charge on any atom is 0.226 e. The highest BCUT2D eigenvalue weighted by Crippen LogP contribution is 2.44. The van der Waals surface area contributed by atoms with Crippen LogP contribution in [-0.2, 0) is 4.79 Å². The number of carbonyl (C=O) groups excluding carboxylic acids is 1. The molecule has 2 N–H and O–H groups in total. The maximum absolute atomic E-state index is 12.3. The Morgan fingerprint density at radius 1 is 1.03 bits per heavy atom. The summed E-state index contributed by atoms with van der Waals surface area (Å²) < 4.78 is 3.32. The predicted molar refractivity (Wildman–Crippen MR) is 166 cm³/mol. The lowest BCUT2D eigenvalue weighted by atomic mass is 9.96. The Morgan fingerprint density at radius 2 is 1.82 bits per heavy atom. The third kappa shape index (κ3) is 5.23. The van der Waals surface area contributed by atoms with E-state index >= 15 is 0 Å². The van der Waals surface area contributed by atoms with E-state index in [1.54, 1.807) is 0 Å². The predicted octanol–water partition coefficient (Wildman–Crippen LogP) is 7.33. The number of anilines is 2. The quantitative estimate of drug-likeness (QED) is 0.226. The standard InChI is InChI=1S/C31H32BrN5OS/c1-18(2)30(38)34-26-13-12-24(15-19(26)3)37-29(28(35-31(37)39)27-11-6-7-14-33-27)25-16-20(4)36(21(25)5)23-10-8-9-22(32)17-23/h6-18,28-29H,1-5H3,(H,34,38)(H,35,39)/t28-,29+/m1/s1. The van der Waals surface area contributed by atoms with Gasteiger partial charge in [-0.25, -0.2) is 0 Å². The molecule has 2 aromatic carbocycles. The van der Waals surface area contributed by atoms with Crippen molar-refractivity contribution in [3.63, 3.8) is 0 Å². The molecule has 1 saturated heterocycles. The van der Waals surface area contributed by atoms with Crippen LogP contribution < -0.4 is 15.5 Å². The molecule has 2 atom stereocenters. The minimum atomic E-state index is -0.143. The van der Waals surface area contributed by atoms with Crippen molar-refractivity contribution >= 4 is 50.5 Å². The number of rotatable bonds is 6. The zero-order chi connectivity index (χ0) is 27.8. The molecule has 1 aliphatic heterocycles. The SMILES string of the molecule is Cc1cc(N2C(=S)N[C@H](c3ccccn3)[C@@H]2c2cc(C)n(-c3cccc(Br)c3)c2C)ccc1NC(=O)C(C)C. The number of pyridine rings is 1. The lowest BCUT2D eigenvalue weighted by molar-refractivity contribution is -0.118. The normalized spacial score (nSPS) is 17.0. The number of aromatic nitrogens is 2. The minimum absolute atomic E-state index is 0.00251. The molecule has 39 heavy (non-hydrogen) atoms. The van der Waals surface area contributed by atoms with Crippen molar-refractivity contribution in [2.24, 2.45) is 5.92 Å². The van der Waals surface area contributed by atoms with Gasteiger partial charge in [0.2, 0.25) is 5.91 Å². The molecule has 1 amide bonds. The van der Waals surface area contributed by atoms with Gasteiger partial charge in [0.15, 0.2) is 5.11 Å². The van der Waals surface area contributed by atoms with E-state index in [0.29, 0.717) is 5.11 Å². The monoisotopic (exact) mass is 601 g/mol. The van der Waals surface area contributed by atoms with Crippen LogP contribution in [0.4, 0.5) is 11.4 Å². The first-order valence-electron chi connectivity index (χ1n) is 13.0. The van der Waals surface area contributed by atoms with E-state index in [2.05, 4.69) is 80.2 Å². The van der Waals surface area contributed by atoms with Gasteiger partial charge in [-0.15, -0.1) is 0 Å². The molecule has 0 unspecified atom stereocenters. The lowest BCUT2D eigenvalue weighted by Crippen LogP contribution is -2.29. The van der Waals surface area contributed by atoms with Crippen molar-refractivity contribution in [3.05, 3.63) is 106 Å². The Hall–Kier alpha value is -3.49. The summed E-state index contributed by atoms with van der Waals surface area (Å²) in [6.45, 7) is 10.1. The van der Waals surface area contributed by atoms with Gasteiger partial charge < -0.3 is 20.1 Å². The van der Waals surface area contributed by atoms with Gasteiger partial charge in [0, 0.05) is 45.0 Å². The van der Waals surface area contributed by atoms with Crippen LogP contribution in [0.25, 0.3) is 5.69 Å². The molecule has 0 radical (unpaired) electrons.